The van der Waals surface area contributed by atoms with Crippen molar-refractivity contribution in [2.75, 3.05) is 6.54 Å². The van der Waals surface area contributed by atoms with E-state index in [-0.39, 0.29) is 12.1 Å². The fourth-order valence-corrected chi connectivity index (χ4v) is 2.50. The molecule has 0 aromatic heterocycles. The van der Waals surface area contributed by atoms with Crippen molar-refractivity contribution in [2.45, 2.75) is 44.4 Å². The van der Waals surface area contributed by atoms with E-state index in [1.807, 2.05) is 13.0 Å². The van der Waals surface area contributed by atoms with Crippen molar-refractivity contribution in [3.63, 3.8) is 0 Å². The van der Waals surface area contributed by atoms with Gasteiger partial charge in [0.2, 0.25) is 0 Å². The first kappa shape index (κ1) is 12.6. The van der Waals surface area contributed by atoms with Gasteiger partial charge in [-0.3, -0.25) is 0 Å². The number of benzene rings is 1. The molecule has 0 bridgehead atoms. The first-order chi connectivity index (χ1) is 8.22. The SMILES string of the molecule is CCC(O)CCNC1CC(N)c2ccccc21. The largest absolute Gasteiger partial charge is 0.393 e. The molecule has 0 aliphatic heterocycles. The molecule has 17 heavy (non-hydrogen) atoms. The Morgan fingerprint density at radius 3 is 2.82 bits per heavy atom. The van der Waals surface area contributed by atoms with Crippen LogP contribution < -0.4 is 11.1 Å². The normalized spacial score (nSPS) is 24.6. The smallest absolute Gasteiger partial charge is 0.0549 e. The summed E-state index contributed by atoms with van der Waals surface area (Å²) in [5.74, 6) is 0. The second-order valence-corrected chi connectivity index (χ2v) is 4.83. The van der Waals surface area contributed by atoms with Crippen LogP contribution in [-0.2, 0) is 0 Å². The molecule has 0 spiro atoms. The van der Waals surface area contributed by atoms with E-state index in [0.29, 0.717) is 6.04 Å². The fourth-order valence-electron chi connectivity index (χ4n) is 2.50. The summed E-state index contributed by atoms with van der Waals surface area (Å²) in [4.78, 5) is 0. The van der Waals surface area contributed by atoms with Crippen molar-refractivity contribution >= 4 is 0 Å². The highest BCUT2D eigenvalue weighted by Gasteiger charge is 2.27. The van der Waals surface area contributed by atoms with Crippen molar-refractivity contribution in [2.24, 2.45) is 5.73 Å². The Hall–Kier alpha value is -0.900. The monoisotopic (exact) mass is 234 g/mol. The third-order valence-electron chi connectivity index (χ3n) is 3.60. The molecule has 3 heteroatoms. The van der Waals surface area contributed by atoms with Gasteiger partial charge in [0.15, 0.2) is 0 Å². The van der Waals surface area contributed by atoms with Gasteiger partial charge in [-0.1, -0.05) is 31.2 Å². The summed E-state index contributed by atoms with van der Waals surface area (Å²) < 4.78 is 0. The van der Waals surface area contributed by atoms with Gasteiger partial charge in [0, 0.05) is 12.1 Å². The lowest BCUT2D eigenvalue weighted by Gasteiger charge is -2.15. The Labute approximate surface area is 103 Å². The van der Waals surface area contributed by atoms with Crippen molar-refractivity contribution in [1.82, 2.24) is 5.32 Å². The maximum atomic E-state index is 9.51. The van der Waals surface area contributed by atoms with Gasteiger partial charge in [-0.2, -0.15) is 0 Å². The standard InChI is InChI=1S/C14H22N2O/c1-2-10(17)7-8-16-14-9-13(15)11-5-3-4-6-12(11)14/h3-6,10,13-14,16-17H,2,7-9,15H2,1H3. The average Bonchev–Trinajstić information content (AvgIpc) is 2.67. The van der Waals surface area contributed by atoms with Gasteiger partial charge >= 0.3 is 0 Å². The fraction of sp³-hybridized carbons (Fsp3) is 0.571. The van der Waals surface area contributed by atoms with Crippen molar-refractivity contribution in [3.05, 3.63) is 35.4 Å². The highest BCUT2D eigenvalue weighted by Crippen LogP contribution is 2.36. The van der Waals surface area contributed by atoms with E-state index in [0.717, 1.165) is 25.8 Å². The third-order valence-corrected chi connectivity index (χ3v) is 3.60. The summed E-state index contributed by atoms with van der Waals surface area (Å²) in [7, 11) is 0. The first-order valence-corrected chi connectivity index (χ1v) is 6.48. The maximum Gasteiger partial charge on any atom is 0.0549 e. The van der Waals surface area contributed by atoms with Crippen LogP contribution in [0.1, 0.15) is 49.4 Å². The Balaban J connectivity index is 1.91. The predicted octanol–water partition coefficient (Wildman–Crippen LogP) is 1.88. The number of aliphatic hydroxyl groups is 1. The summed E-state index contributed by atoms with van der Waals surface area (Å²) in [5, 5.41) is 13.0. The number of hydrogen-bond acceptors (Lipinski definition) is 3. The molecule has 0 heterocycles. The van der Waals surface area contributed by atoms with Crippen molar-refractivity contribution < 1.29 is 5.11 Å². The molecular formula is C14H22N2O. The molecule has 1 aromatic carbocycles. The molecule has 2 rings (SSSR count). The number of rotatable bonds is 5. The number of nitrogens with one attached hydrogen (secondary N) is 1. The molecule has 94 valence electrons. The van der Waals surface area contributed by atoms with E-state index in [9.17, 15) is 5.11 Å². The lowest BCUT2D eigenvalue weighted by Crippen LogP contribution is -2.24. The van der Waals surface area contributed by atoms with Crippen LogP contribution in [-0.4, -0.2) is 17.8 Å². The van der Waals surface area contributed by atoms with Crippen LogP contribution in [0.2, 0.25) is 0 Å². The molecule has 3 unspecified atom stereocenters. The number of fused-ring (bicyclic) bond motifs is 1. The van der Waals surface area contributed by atoms with Gasteiger partial charge in [0.25, 0.3) is 0 Å². The molecular weight excluding hydrogens is 212 g/mol. The van der Waals surface area contributed by atoms with Crippen LogP contribution in [0.4, 0.5) is 0 Å². The van der Waals surface area contributed by atoms with Gasteiger partial charge in [-0.25, -0.2) is 0 Å². The molecule has 1 aliphatic carbocycles. The van der Waals surface area contributed by atoms with Crippen molar-refractivity contribution in [3.8, 4) is 0 Å². The zero-order valence-corrected chi connectivity index (χ0v) is 10.4. The van der Waals surface area contributed by atoms with Gasteiger partial charge in [-0.15, -0.1) is 0 Å². The molecule has 3 atom stereocenters. The zero-order chi connectivity index (χ0) is 12.3. The van der Waals surface area contributed by atoms with Gasteiger partial charge in [-0.05, 0) is 36.9 Å². The average molecular weight is 234 g/mol. The lowest BCUT2D eigenvalue weighted by molar-refractivity contribution is 0.158. The molecule has 1 aromatic rings. The van der Waals surface area contributed by atoms with E-state index in [4.69, 9.17) is 5.73 Å². The Kier molecular flexibility index (Phi) is 4.15. The third kappa shape index (κ3) is 2.86. The summed E-state index contributed by atoms with van der Waals surface area (Å²) in [6, 6.07) is 8.87. The Morgan fingerprint density at radius 2 is 2.12 bits per heavy atom. The highest BCUT2D eigenvalue weighted by molar-refractivity contribution is 5.37. The number of aliphatic hydroxyl groups excluding tert-OH is 1. The molecule has 0 saturated carbocycles. The second kappa shape index (κ2) is 5.63. The molecule has 3 nitrogen and oxygen atoms in total. The summed E-state index contributed by atoms with van der Waals surface area (Å²) in [6.45, 7) is 2.85. The van der Waals surface area contributed by atoms with Crippen LogP contribution in [0, 0.1) is 0 Å². The predicted molar refractivity (Wildman–Crippen MR) is 69.6 cm³/mol. The van der Waals surface area contributed by atoms with Crippen LogP contribution >= 0.6 is 0 Å². The topological polar surface area (TPSA) is 58.3 Å². The number of hydrogen-bond donors (Lipinski definition) is 3. The van der Waals surface area contributed by atoms with Gasteiger partial charge in [0.05, 0.1) is 6.10 Å². The van der Waals surface area contributed by atoms with Gasteiger partial charge < -0.3 is 16.2 Å². The summed E-state index contributed by atoms with van der Waals surface area (Å²) >= 11 is 0. The molecule has 0 radical (unpaired) electrons. The molecule has 0 fully saturated rings. The Bertz CT molecular complexity index is 367. The minimum atomic E-state index is -0.187. The first-order valence-electron chi connectivity index (χ1n) is 6.48. The van der Waals surface area contributed by atoms with Gasteiger partial charge in [0.1, 0.15) is 0 Å². The van der Waals surface area contributed by atoms with E-state index >= 15 is 0 Å². The quantitative estimate of drug-likeness (QED) is 0.729. The molecule has 0 saturated heterocycles. The zero-order valence-electron chi connectivity index (χ0n) is 10.4. The highest BCUT2D eigenvalue weighted by atomic mass is 16.3. The van der Waals surface area contributed by atoms with Crippen LogP contribution in [0.3, 0.4) is 0 Å². The maximum absolute atomic E-state index is 9.51. The lowest BCUT2D eigenvalue weighted by atomic mass is 10.1. The van der Waals surface area contributed by atoms with E-state index in [1.165, 1.54) is 11.1 Å². The van der Waals surface area contributed by atoms with E-state index in [2.05, 4.69) is 23.5 Å². The minimum absolute atomic E-state index is 0.153. The van der Waals surface area contributed by atoms with Crippen molar-refractivity contribution in [1.29, 1.82) is 0 Å². The second-order valence-electron chi connectivity index (χ2n) is 4.83. The molecule has 1 aliphatic rings. The molecule has 0 amide bonds. The molecule has 4 N–H and O–H groups in total. The number of nitrogens with two attached hydrogens (primary N) is 1. The summed E-state index contributed by atoms with van der Waals surface area (Å²) in [5.41, 5.74) is 8.69. The minimum Gasteiger partial charge on any atom is -0.393 e. The van der Waals surface area contributed by atoms with Crippen LogP contribution in [0.25, 0.3) is 0 Å². The summed E-state index contributed by atoms with van der Waals surface area (Å²) in [6.07, 6.45) is 2.40. The van der Waals surface area contributed by atoms with Crippen LogP contribution in [0.15, 0.2) is 24.3 Å². The Morgan fingerprint density at radius 1 is 1.41 bits per heavy atom. The van der Waals surface area contributed by atoms with E-state index < -0.39 is 0 Å². The van der Waals surface area contributed by atoms with E-state index in [1.54, 1.807) is 0 Å². The van der Waals surface area contributed by atoms with Crippen LogP contribution in [0.5, 0.6) is 0 Å².